The molecule has 0 aliphatic carbocycles. The van der Waals surface area contributed by atoms with Crippen molar-refractivity contribution in [3.05, 3.63) is 70.6 Å². The number of hydrogen-bond donors (Lipinski definition) is 1. The van der Waals surface area contributed by atoms with Gasteiger partial charge in [0.15, 0.2) is 0 Å². The van der Waals surface area contributed by atoms with Crippen LogP contribution in [0.1, 0.15) is 18.4 Å². The average molecular weight is 325 g/mol. The van der Waals surface area contributed by atoms with E-state index >= 15 is 0 Å². The molecule has 1 aliphatic heterocycles. The van der Waals surface area contributed by atoms with Crippen LogP contribution in [0, 0.1) is 0 Å². The van der Waals surface area contributed by atoms with Crippen molar-refractivity contribution in [2.24, 2.45) is 0 Å². The molecular formula is C19H23N3O2. The average Bonchev–Trinajstić information content (AvgIpc) is 2.58. The third kappa shape index (κ3) is 4.55. The fourth-order valence-electron chi connectivity index (χ4n) is 3.18. The lowest BCUT2D eigenvalue weighted by Gasteiger charge is -2.33. The number of hydrogen-bond acceptors (Lipinski definition) is 3. The van der Waals surface area contributed by atoms with Crippen LogP contribution >= 0.6 is 0 Å². The van der Waals surface area contributed by atoms with Gasteiger partial charge in [0.1, 0.15) is 6.54 Å². The second-order valence-electron chi connectivity index (χ2n) is 6.29. The Morgan fingerprint density at radius 3 is 2.71 bits per heavy atom. The fraction of sp³-hybridized carbons (Fsp3) is 0.368. The lowest BCUT2D eigenvalue weighted by atomic mass is 10.0. The van der Waals surface area contributed by atoms with Gasteiger partial charge in [0.25, 0.3) is 5.56 Å². The SMILES string of the molecule is O=C(Cn1ccccc1=O)N[C@@H]1CCCN(Cc2ccccc2)C1. The van der Waals surface area contributed by atoms with Crippen molar-refractivity contribution in [1.82, 2.24) is 14.8 Å². The summed E-state index contributed by atoms with van der Waals surface area (Å²) in [7, 11) is 0. The lowest BCUT2D eigenvalue weighted by Crippen LogP contribution is -2.48. The van der Waals surface area contributed by atoms with Crippen molar-refractivity contribution < 1.29 is 4.79 Å². The summed E-state index contributed by atoms with van der Waals surface area (Å²) in [5, 5.41) is 3.07. The van der Waals surface area contributed by atoms with Crippen LogP contribution in [0.2, 0.25) is 0 Å². The molecule has 0 bridgehead atoms. The molecular weight excluding hydrogens is 302 g/mol. The minimum Gasteiger partial charge on any atom is -0.351 e. The van der Waals surface area contributed by atoms with Crippen LogP contribution in [0.3, 0.4) is 0 Å². The van der Waals surface area contributed by atoms with Gasteiger partial charge in [-0.05, 0) is 31.0 Å². The second-order valence-corrected chi connectivity index (χ2v) is 6.29. The minimum atomic E-state index is -0.151. The number of nitrogens with one attached hydrogen (secondary N) is 1. The second kappa shape index (κ2) is 7.93. The summed E-state index contributed by atoms with van der Waals surface area (Å²) in [6.07, 6.45) is 3.70. The number of likely N-dealkylation sites (tertiary alicyclic amines) is 1. The summed E-state index contributed by atoms with van der Waals surface area (Å²) in [5.74, 6) is -0.102. The van der Waals surface area contributed by atoms with Gasteiger partial charge >= 0.3 is 0 Å². The van der Waals surface area contributed by atoms with E-state index < -0.39 is 0 Å². The molecule has 0 unspecified atom stereocenters. The summed E-state index contributed by atoms with van der Waals surface area (Å²) < 4.78 is 1.43. The van der Waals surface area contributed by atoms with E-state index in [1.807, 2.05) is 6.07 Å². The lowest BCUT2D eigenvalue weighted by molar-refractivity contribution is -0.122. The van der Waals surface area contributed by atoms with Gasteiger partial charge in [-0.3, -0.25) is 14.5 Å². The van der Waals surface area contributed by atoms with E-state index in [4.69, 9.17) is 0 Å². The van der Waals surface area contributed by atoms with Crippen molar-refractivity contribution in [2.75, 3.05) is 13.1 Å². The number of nitrogens with zero attached hydrogens (tertiary/aromatic N) is 2. The summed E-state index contributed by atoms with van der Waals surface area (Å²) in [6.45, 7) is 2.89. The largest absolute Gasteiger partial charge is 0.351 e. The highest BCUT2D eigenvalue weighted by atomic mass is 16.2. The van der Waals surface area contributed by atoms with Gasteiger partial charge in [-0.15, -0.1) is 0 Å². The molecule has 1 atom stereocenters. The number of aromatic nitrogens is 1. The monoisotopic (exact) mass is 325 g/mol. The quantitative estimate of drug-likeness (QED) is 0.909. The number of amides is 1. The van der Waals surface area contributed by atoms with Crippen molar-refractivity contribution in [2.45, 2.75) is 32.0 Å². The number of piperidine rings is 1. The molecule has 0 radical (unpaired) electrons. The normalized spacial score (nSPS) is 18.2. The zero-order valence-electron chi connectivity index (χ0n) is 13.7. The van der Waals surface area contributed by atoms with E-state index in [0.717, 1.165) is 32.5 Å². The van der Waals surface area contributed by atoms with Crippen molar-refractivity contribution in [1.29, 1.82) is 0 Å². The highest BCUT2D eigenvalue weighted by Gasteiger charge is 2.21. The van der Waals surface area contributed by atoms with E-state index in [-0.39, 0.29) is 24.1 Å². The zero-order chi connectivity index (χ0) is 16.8. The number of pyridine rings is 1. The van der Waals surface area contributed by atoms with Gasteiger partial charge in [-0.2, -0.15) is 0 Å². The number of benzene rings is 1. The Morgan fingerprint density at radius 1 is 1.12 bits per heavy atom. The van der Waals surface area contributed by atoms with Gasteiger partial charge in [0, 0.05) is 31.4 Å². The molecule has 2 heterocycles. The van der Waals surface area contributed by atoms with Gasteiger partial charge < -0.3 is 9.88 Å². The Hall–Kier alpha value is -2.40. The van der Waals surface area contributed by atoms with Crippen LogP contribution in [0.15, 0.2) is 59.5 Å². The molecule has 3 rings (SSSR count). The van der Waals surface area contributed by atoms with Crippen molar-refractivity contribution in [3.8, 4) is 0 Å². The van der Waals surface area contributed by atoms with E-state index in [9.17, 15) is 9.59 Å². The van der Waals surface area contributed by atoms with Crippen LogP contribution < -0.4 is 10.9 Å². The first-order valence-corrected chi connectivity index (χ1v) is 8.42. The number of carbonyl (C=O) groups excluding carboxylic acids is 1. The Morgan fingerprint density at radius 2 is 1.92 bits per heavy atom. The molecule has 0 saturated carbocycles. The molecule has 1 amide bonds. The molecule has 24 heavy (non-hydrogen) atoms. The summed E-state index contributed by atoms with van der Waals surface area (Å²) in [5.41, 5.74) is 1.14. The first kappa shape index (κ1) is 16.5. The van der Waals surface area contributed by atoms with E-state index in [1.54, 1.807) is 18.3 Å². The van der Waals surface area contributed by atoms with Crippen LogP contribution in [-0.2, 0) is 17.9 Å². The van der Waals surface area contributed by atoms with Gasteiger partial charge in [0.2, 0.25) is 5.91 Å². The smallest absolute Gasteiger partial charge is 0.250 e. The third-order valence-corrected chi connectivity index (χ3v) is 4.33. The van der Waals surface area contributed by atoms with Gasteiger partial charge in [0.05, 0.1) is 0 Å². The van der Waals surface area contributed by atoms with Crippen LogP contribution in [0.4, 0.5) is 0 Å². The molecule has 126 valence electrons. The topological polar surface area (TPSA) is 54.3 Å². The molecule has 5 heteroatoms. The molecule has 1 saturated heterocycles. The minimum absolute atomic E-state index is 0.0782. The maximum absolute atomic E-state index is 12.2. The Kier molecular flexibility index (Phi) is 5.43. The standard InChI is InChI=1S/C19H23N3O2/c23-18(15-22-12-5-4-10-19(22)24)20-17-9-6-11-21(14-17)13-16-7-2-1-3-8-16/h1-5,7-8,10,12,17H,6,9,11,13-15H2,(H,20,23)/t17-/m1/s1. The Labute approximate surface area is 141 Å². The van der Waals surface area contributed by atoms with Crippen LogP contribution in [-0.4, -0.2) is 34.5 Å². The maximum Gasteiger partial charge on any atom is 0.250 e. The van der Waals surface area contributed by atoms with E-state index in [1.165, 1.54) is 16.2 Å². The Bertz CT molecular complexity index is 727. The predicted octanol–water partition coefficient (Wildman–Crippen LogP) is 1.63. The molecule has 2 aromatic rings. The highest BCUT2D eigenvalue weighted by molar-refractivity contribution is 5.76. The molecule has 1 aliphatic rings. The maximum atomic E-state index is 12.2. The van der Waals surface area contributed by atoms with Crippen LogP contribution in [0.25, 0.3) is 0 Å². The Balaban J connectivity index is 1.52. The number of rotatable bonds is 5. The molecule has 1 aromatic heterocycles. The first-order chi connectivity index (χ1) is 11.7. The van der Waals surface area contributed by atoms with E-state index in [2.05, 4.69) is 34.5 Å². The fourth-order valence-corrected chi connectivity index (χ4v) is 3.18. The summed E-state index contributed by atoms with van der Waals surface area (Å²) >= 11 is 0. The highest BCUT2D eigenvalue weighted by Crippen LogP contribution is 2.13. The van der Waals surface area contributed by atoms with Gasteiger partial charge in [-0.25, -0.2) is 0 Å². The molecule has 1 aromatic carbocycles. The zero-order valence-corrected chi connectivity index (χ0v) is 13.7. The van der Waals surface area contributed by atoms with Crippen molar-refractivity contribution in [3.63, 3.8) is 0 Å². The molecule has 5 nitrogen and oxygen atoms in total. The third-order valence-electron chi connectivity index (χ3n) is 4.33. The first-order valence-electron chi connectivity index (χ1n) is 8.42. The number of carbonyl (C=O) groups is 1. The van der Waals surface area contributed by atoms with Gasteiger partial charge in [-0.1, -0.05) is 36.4 Å². The summed E-state index contributed by atoms with van der Waals surface area (Å²) in [6, 6.07) is 15.4. The molecule has 1 N–H and O–H groups in total. The summed E-state index contributed by atoms with van der Waals surface area (Å²) in [4.78, 5) is 26.3. The van der Waals surface area contributed by atoms with E-state index in [0.29, 0.717) is 0 Å². The predicted molar refractivity (Wildman–Crippen MR) is 93.6 cm³/mol. The van der Waals surface area contributed by atoms with Crippen LogP contribution in [0.5, 0.6) is 0 Å². The molecule has 0 spiro atoms. The molecule has 1 fully saturated rings. The van der Waals surface area contributed by atoms with Crippen molar-refractivity contribution >= 4 is 5.91 Å².